The van der Waals surface area contributed by atoms with Crippen molar-refractivity contribution in [3.05, 3.63) is 65.7 Å². The monoisotopic (exact) mass is 327 g/mol. The van der Waals surface area contributed by atoms with Gasteiger partial charge in [0.05, 0.1) is 0 Å². The van der Waals surface area contributed by atoms with E-state index in [4.69, 9.17) is 4.74 Å². The molecule has 2 aromatic carbocycles. The lowest BCUT2D eigenvalue weighted by Crippen LogP contribution is -2.13. The summed E-state index contributed by atoms with van der Waals surface area (Å²) in [5, 5.41) is 21.3. The van der Waals surface area contributed by atoms with Gasteiger partial charge in [-0.25, -0.2) is 4.79 Å². The number of hydrogen-bond donors (Lipinski definition) is 3. The van der Waals surface area contributed by atoms with Crippen molar-refractivity contribution < 1.29 is 19.7 Å². The van der Waals surface area contributed by atoms with Gasteiger partial charge in [0.1, 0.15) is 6.61 Å². The molecule has 1 aliphatic rings. The Kier molecular flexibility index (Phi) is 5.13. The van der Waals surface area contributed by atoms with Gasteiger partial charge in [-0.05, 0) is 41.0 Å². The van der Waals surface area contributed by atoms with E-state index in [-0.39, 0.29) is 37.6 Å². The van der Waals surface area contributed by atoms with Crippen LogP contribution in [0.3, 0.4) is 0 Å². The fourth-order valence-corrected chi connectivity index (χ4v) is 3.10. The van der Waals surface area contributed by atoms with E-state index in [1.165, 1.54) is 0 Å². The average molecular weight is 327 g/mol. The summed E-state index contributed by atoms with van der Waals surface area (Å²) in [4.78, 5) is 11.8. The largest absolute Gasteiger partial charge is 0.444 e. The van der Waals surface area contributed by atoms with E-state index in [2.05, 4.69) is 5.32 Å². The second kappa shape index (κ2) is 7.47. The van der Waals surface area contributed by atoms with Crippen LogP contribution in [0.25, 0.3) is 0 Å². The fourth-order valence-electron chi connectivity index (χ4n) is 3.10. The highest BCUT2D eigenvalue weighted by molar-refractivity contribution is 5.84. The molecule has 3 atom stereocenters. The molecule has 0 saturated heterocycles. The Morgan fingerprint density at radius 1 is 0.958 bits per heavy atom. The van der Waals surface area contributed by atoms with Crippen LogP contribution in [-0.2, 0) is 11.3 Å². The molecule has 2 aromatic rings. The zero-order valence-corrected chi connectivity index (χ0v) is 13.3. The van der Waals surface area contributed by atoms with Crippen LogP contribution in [0.1, 0.15) is 17.0 Å². The van der Waals surface area contributed by atoms with Gasteiger partial charge < -0.3 is 14.9 Å². The predicted molar refractivity (Wildman–Crippen MR) is 90.6 cm³/mol. The molecule has 1 fully saturated rings. The maximum Gasteiger partial charge on any atom is 0.411 e. The number of aliphatic hydroxyl groups excluding tert-OH is 2. The molecule has 3 rings (SSSR count). The van der Waals surface area contributed by atoms with Crippen molar-refractivity contribution >= 4 is 11.8 Å². The Bertz CT molecular complexity index is 662. The van der Waals surface area contributed by atoms with Gasteiger partial charge in [0.15, 0.2) is 0 Å². The molecule has 0 heterocycles. The molecule has 5 nitrogen and oxygen atoms in total. The van der Waals surface area contributed by atoms with Crippen molar-refractivity contribution in [1.29, 1.82) is 0 Å². The van der Waals surface area contributed by atoms with Crippen LogP contribution in [0.15, 0.2) is 54.6 Å². The Balaban J connectivity index is 1.52. The number of ether oxygens (including phenoxy) is 1. The van der Waals surface area contributed by atoms with Crippen LogP contribution in [0.2, 0.25) is 0 Å². The highest BCUT2D eigenvalue weighted by Crippen LogP contribution is 2.53. The Morgan fingerprint density at radius 2 is 1.58 bits per heavy atom. The molecule has 0 unspecified atom stereocenters. The van der Waals surface area contributed by atoms with E-state index in [9.17, 15) is 15.0 Å². The molecule has 126 valence electrons. The molecular weight excluding hydrogens is 306 g/mol. The number of nitrogens with one attached hydrogen (secondary N) is 1. The Labute approximate surface area is 140 Å². The first-order valence-corrected chi connectivity index (χ1v) is 8.02. The minimum absolute atomic E-state index is 0.0850. The van der Waals surface area contributed by atoms with Crippen LogP contribution in [0.4, 0.5) is 10.5 Å². The summed E-state index contributed by atoms with van der Waals surface area (Å²) in [5.74, 6) is 0.452. The van der Waals surface area contributed by atoms with E-state index in [1.807, 2.05) is 42.5 Å². The molecule has 0 aliphatic heterocycles. The molecule has 24 heavy (non-hydrogen) atoms. The summed E-state index contributed by atoms with van der Waals surface area (Å²) in [6.45, 7) is 0.395. The standard InChI is InChI=1S/C19H21NO4/c21-10-16-17(11-22)18(16)14-6-8-15(9-7-14)20-19(23)24-12-13-4-2-1-3-5-13/h1-9,16-18,21-22H,10-12H2,(H,20,23)/t16-,17+,18+. The molecular formula is C19H21NO4. The maximum atomic E-state index is 11.8. The summed E-state index contributed by atoms with van der Waals surface area (Å²) in [6.07, 6.45) is -0.500. The zero-order chi connectivity index (χ0) is 16.9. The minimum atomic E-state index is -0.500. The first-order chi connectivity index (χ1) is 11.7. The number of anilines is 1. The van der Waals surface area contributed by atoms with Crippen molar-refractivity contribution in [1.82, 2.24) is 0 Å². The minimum Gasteiger partial charge on any atom is -0.444 e. The quantitative estimate of drug-likeness (QED) is 0.762. The van der Waals surface area contributed by atoms with E-state index in [0.29, 0.717) is 5.69 Å². The third-order valence-corrected chi connectivity index (χ3v) is 4.51. The highest BCUT2D eigenvalue weighted by Gasteiger charge is 2.49. The van der Waals surface area contributed by atoms with Crippen LogP contribution in [0, 0.1) is 11.8 Å². The number of aliphatic hydroxyl groups is 2. The van der Waals surface area contributed by atoms with Crippen molar-refractivity contribution in [3.8, 4) is 0 Å². The second-order valence-corrected chi connectivity index (χ2v) is 6.03. The van der Waals surface area contributed by atoms with Gasteiger partial charge in [-0.2, -0.15) is 0 Å². The molecule has 1 saturated carbocycles. The molecule has 1 aliphatic carbocycles. The van der Waals surface area contributed by atoms with Crippen molar-refractivity contribution in [2.24, 2.45) is 11.8 Å². The Hall–Kier alpha value is -2.37. The lowest BCUT2D eigenvalue weighted by Gasteiger charge is -2.08. The van der Waals surface area contributed by atoms with Crippen molar-refractivity contribution in [2.75, 3.05) is 18.5 Å². The van der Waals surface area contributed by atoms with Gasteiger partial charge >= 0.3 is 6.09 Å². The molecule has 0 aromatic heterocycles. The number of rotatable bonds is 6. The van der Waals surface area contributed by atoms with Gasteiger partial charge in [-0.1, -0.05) is 42.5 Å². The van der Waals surface area contributed by atoms with Gasteiger partial charge in [0.2, 0.25) is 0 Å². The van der Waals surface area contributed by atoms with Crippen molar-refractivity contribution in [2.45, 2.75) is 12.5 Å². The van der Waals surface area contributed by atoms with E-state index in [1.54, 1.807) is 12.1 Å². The smallest absolute Gasteiger partial charge is 0.411 e. The van der Waals surface area contributed by atoms with E-state index < -0.39 is 6.09 Å². The predicted octanol–water partition coefficient (Wildman–Crippen LogP) is 2.75. The SMILES string of the molecule is O=C(Nc1ccc([C@H]2[C@H](CO)[C@@H]2CO)cc1)OCc1ccccc1. The second-order valence-electron chi connectivity index (χ2n) is 6.03. The number of benzene rings is 2. The first-order valence-electron chi connectivity index (χ1n) is 8.02. The molecule has 0 bridgehead atoms. The van der Waals surface area contributed by atoms with Crippen LogP contribution in [-0.4, -0.2) is 29.5 Å². The lowest BCUT2D eigenvalue weighted by atomic mass is 10.1. The third-order valence-electron chi connectivity index (χ3n) is 4.51. The third kappa shape index (κ3) is 3.75. The molecule has 5 heteroatoms. The summed E-state index contributed by atoms with van der Waals surface area (Å²) in [5.41, 5.74) is 2.65. The van der Waals surface area contributed by atoms with Gasteiger partial charge in [-0.3, -0.25) is 5.32 Å². The number of carbonyl (C=O) groups excluding carboxylic acids is 1. The number of amides is 1. The van der Waals surface area contributed by atoms with E-state index in [0.717, 1.165) is 11.1 Å². The van der Waals surface area contributed by atoms with Crippen LogP contribution in [0.5, 0.6) is 0 Å². The molecule has 1 amide bonds. The Morgan fingerprint density at radius 3 is 2.17 bits per heavy atom. The highest BCUT2D eigenvalue weighted by atomic mass is 16.5. The molecule has 0 radical (unpaired) electrons. The van der Waals surface area contributed by atoms with E-state index >= 15 is 0 Å². The fraction of sp³-hybridized carbons (Fsp3) is 0.316. The number of hydrogen-bond acceptors (Lipinski definition) is 4. The summed E-state index contributed by atoms with van der Waals surface area (Å²) in [7, 11) is 0. The summed E-state index contributed by atoms with van der Waals surface area (Å²) >= 11 is 0. The summed E-state index contributed by atoms with van der Waals surface area (Å²) < 4.78 is 5.17. The maximum absolute atomic E-state index is 11.8. The lowest BCUT2D eigenvalue weighted by molar-refractivity contribution is 0.155. The van der Waals surface area contributed by atoms with Gasteiger partial charge in [-0.15, -0.1) is 0 Å². The van der Waals surface area contributed by atoms with Crippen LogP contribution < -0.4 is 5.32 Å². The van der Waals surface area contributed by atoms with Crippen LogP contribution >= 0.6 is 0 Å². The van der Waals surface area contributed by atoms with Gasteiger partial charge in [0.25, 0.3) is 0 Å². The van der Waals surface area contributed by atoms with Crippen molar-refractivity contribution in [3.63, 3.8) is 0 Å². The molecule has 0 spiro atoms. The van der Waals surface area contributed by atoms with Gasteiger partial charge in [0, 0.05) is 18.9 Å². The molecule has 3 N–H and O–H groups in total. The first kappa shape index (κ1) is 16.5. The topological polar surface area (TPSA) is 78.8 Å². The normalized spacial score (nSPS) is 22.0. The zero-order valence-electron chi connectivity index (χ0n) is 13.3. The summed E-state index contributed by atoms with van der Waals surface area (Å²) in [6, 6.07) is 16.9. The average Bonchev–Trinajstić information content (AvgIpc) is 3.35. The number of carbonyl (C=O) groups is 1.